The van der Waals surface area contributed by atoms with Crippen LogP contribution >= 0.6 is 11.6 Å². The monoisotopic (exact) mass is 354 g/mol. The molecule has 128 valence electrons. The summed E-state index contributed by atoms with van der Waals surface area (Å²) in [6.45, 7) is 0.703. The molecule has 0 unspecified atom stereocenters. The van der Waals surface area contributed by atoms with Crippen LogP contribution in [0.5, 0.6) is 11.5 Å². The summed E-state index contributed by atoms with van der Waals surface area (Å²) in [6.07, 6.45) is 3.63. The van der Waals surface area contributed by atoms with Crippen molar-refractivity contribution in [1.82, 2.24) is 4.98 Å². The van der Waals surface area contributed by atoms with Crippen molar-refractivity contribution in [2.75, 3.05) is 19.5 Å². The third kappa shape index (κ3) is 4.22. The molecule has 0 fully saturated rings. The standard InChI is InChI=1S/C20H19ClN2O2/c1-24-19-8-5-15(10-20(19)25-2)16-9-18(13-22-12-16)23-11-14-3-6-17(21)7-4-14/h3-10,12-13,23H,11H2,1-2H3. The van der Waals surface area contributed by atoms with Crippen LogP contribution in [-0.4, -0.2) is 19.2 Å². The smallest absolute Gasteiger partial charge is 0.161 e. The Balaban J connectivity index is 1.78. The van der Waals surface area contributed by atoms with Gasteiger partial charge in [-0.15, -0.1) is 0 Å². The maximum absolute atomic E-state index is 5.91. The van der Waals surface area contributed by atoms with Crippen molar-refractivity contribution in [3.63, 3.8) is 0 Å². The second-order valence-electron chi connectivity index (χ2n) is 5.51. The summed E-state index contributed by atoms with van der Waals surface area (Å²) < 4.78 is 10.7. The Labute approximate surface area is 152 Å². The highest BCUT2D eigenvalue weighted by Crippen LogP contribution is 2.32. The number of aromatic nitrogens is 1. The molecule has 0 bridgehead atoms. The molecule has 0 aliphatic heterocycles. The van der Waals surface area contributed by atoms with Crippen molar-refractivity contribution in [1.29, 1.82) is 0 Å². The van der Waals surface area contributed by atoms with Gasteiger partial charge in [-0.1, -0.05) is 29.8 Å². The molecule has 1 aromatic heterocycles. The van der Waals surface area contributed by atoms with Crippen molar-refractivity contribution in [2.24, 2.45) is 0 Å². The predicted octanol–water partition coefficient (Wildman–Crippen LogP) is 5.03. The summed E-state index contributed by atoms with van der Waals surface area (Å²) in [5.41, 5.74) is 4.12. The first-order valence-electron chi connectivity index (χ1n) is 7.85. The lowest BCUT2D eigenvalue weighted by Gasteiger charge is -2.11. The van der Waals surface area contributed by atoms with E-state index >= 15 is 0 Å². The Morgan fingerprint density at radius 3 is 2.36 bits per heavy atom. The maximum atomic E-state index is 5.91. The van der Waals surface area contributed by atoms with E-state index in [-0.39, 0.29) is 0 Å². The number of nitrogens with zero attached hydrogens (tertiary/aromatic N) is 1. The van der Waals surface area contributed by atoms with E-state index in [0.29, 0.717) is 18.0 Å². The third-order valence-electron chi connectivity index (χ3n) is 3.87. The lowest BCUT2D eigenvalue weighted by molar-refractivity contribution is 0.355. The fraction of sp³-hybridized carbons (Fsp3) is 0.150. The molecule has 2 aromatic carbocycles. The number of benzene rings is 2. The number of hydrogen-bond donors (Lipinski definition) is 1. The zero-order chi connectivity index (χ0) is 17.6. The molecule has 0 amide bonds. The Morgan fingerprint density at radius 1 is 0.880 bits per heavy atom. The van der Waals surface area contributed by atoms with E-state index in [1.165, 1.54) is 0 Å². The van der Waals surface area contributed by atoms with E-state index in [1.807, 2.05) is 48.7 Å². The molecular formula is C20H19ClN2O2. The Kier molecular flexibility index (Phi) is 5.41. The topological polar surface area (TPSA) is 43.4 Å². The summed E-state index contributed by atoms with van der Waals surface area (Å²) in [4.78, 5) is 4.33. The van der Waals surface area contributed by atoms with Crippen LogP contribution in [0.2, 0.25) is 5.02 Å². The average molecular weight is 355 g/mol. The zero-order valence-corrected chi connectivity index (χ0v) is 14.9. The molecule has 0 aliphatic carbocycles. The SMILES string of the molecule is COc1ccc(-c2cncc(NCc3ccc(Cl)cc3)c2)cc1OC. The molecule has 25 heavy (non-hydrogen) atoms. The summed E-state index contributed by atoms with van der Waals surface area (Å²) in [5.74, 6) is 1.40. The molecule has 4 nitrogen and oxygen atoms in total. The molecule has 0 aliphatic rings. The number of rotatable bonds is 6. The van der Waals surface area contributed by atoms with Crippen molar-refractivity contribution in [3.8, 4) is 22.6 Å². The number of hydrogen-bond acceptors (Lipinski definition) is 4. The number of ether oxygens (including phenoxy) is 2. The highest BCUT2D eigenvalue weighted by Gasteiger charge is 2.07. The number of nitrogens with one attached hydrogen (secondary N) is 1. The van der Waals surface area contributed by atoms with E-state index in [2.05, 4.69) is 16.4 Å². The molecule has 3 aromatic rings. The normalized spacial score (nSPS) is 10.4. The van der Waals surface area contributed by atoms with Gasteiger partial charge in [0.25, 0.3) is 0 Å². The van der Waals surface area contributed by atoms with Crippen molar-refractivity contribution >= 4 is 17.3 Å². The molecule has 0 saturated heterocycles. The highest BCUT2D eigenvalue weighted by molar-refractivity contribution is 6.30. The molecule has 3 rings (SSSR count). The van der Waals surface area contributed by atoms with Crippen LogP contribution in [0, 0.1) is 0 Å². The molecular weight excluding hydrogens is 336 g/mol. The van der Waals surface area contributed by atoms with E-state index in [4.69, 9.17) is 21.1 Å². The van der Waals surface area contributed by atoms with Gasteiger partial charge in [-0.05, 0) is 41.5 Å². The average Bonchev–Trinajstić information content (AvgIpc) is 2.67. The van der Waals surface area contributed by atoms with Gasteiger partial charge in [0.2, 0.25) is 0 Å². The van der Waals surface area contributed by atoms with Crippen molar-refractivity contribution < 1.29 is 9.47 Å². The van der Waals surface area contributed by atoms with Crippen LogP contribution in [0.1, 0.15) is 5.56 Å². The summed E-state index contributed by atoms with van der Waals surface area (Å²) >= 11 is 5.91. The zero-order valence-electron chi connectivity index (χ0n) is 14.1. The second kappa shape index (κ2) is 7.90. The number of methoxy groups -OCH3 is 2. The predicted molar refractivity (Wildman–Crippen MR) is 102 cm³/mol. The van der Waals surface area contributed by atoms with Crippen LogP contribution in [0.15, 0.2) is 60.9 Å². The van der Waals surface area contributed by atoms with Gasteiger partial charge in [0.1, 0.15) is 0 Å². The lowest BCUT2D eigenvalue weighted by atomic mass is 10.1. The van der Waals surface area contributed by atoms with Crippen LogP contribution in [0.25, 0.3) is 11.1 Å². The largest absolute Gasteiger partial charge is 0.493 e. The van der Waals surface area contributed by atoms with Gasteiger partial charge in [-0.3, -0.25) is 4.98 Å². The summed E-state index contributed by atoms with van der Waals surface area (Å²) in [7, 11) is 3.25. The third-order valence-corrected chi connectivity index (χ3v) is 4.12. The van der Waals surface area contributed by atoms with Crippen LogP contribution in [-0.2, 0) is 6.54 Å². The van der Waals surface area contributed by atoms with E-state index in [9.17, 15) is 0 Å². The van der Waals surface area contributed by atoms with Gasteiger partial charge in [0, 0.05) is 29.5 Å². The maximum Gasteiger partial charge on any atom is 0.161 e. The van der Waals surface area contributed by atoms with Gasteiger partial charge >= 0.3 is 0 Å². The second-order valence-corrected chi connectivity index (χ2v) is 5.95. The molecule has 1 heterocycles. The summed E-state index contributed by atoms with van der Waals surface area (Å²) in [5, 5.41) is 4.12. The Morgan fingerprint density at radius 2 is 1.64 bits per heavy atom. The fourth-order valence-electron chi connectivity index (χ4n) is 2.52. The number of pyridine rings is 1. The van der Waals surface area contributed by atoms with Crippen LogP contribution < -0.4 is 14.8 Å². The highest BCUT2D eigenvalue weighted by atomic mass is 35.5. The first kappa shape index (κ1) is 17.1. The van der Waals surface area contributed by atoms with Gasteiger partial charge in [-0.2, -0.15) is 0 Å². The Bertz CT molecular complexity index is 851. The minimum absolute atomic E-state index is 0.694. The molecule has 0 atom stereocenters. The molecule has 0 radical (unpaired) electrons. The quantitative estimate of drug-likeness (QED) is 0.674. The van der Waals surface area contributed by atoms with Gasteiger partial charge < -0.3 is 14.8 Å². The van der Waals surface area contributed by atoms with Crippen molar-refractivity contribution in [2.45, 2.75) is 6.54 Å². The van der Waals surface area contributed by atoms with E-state index < -0.39 is 0 Å². The first-order chi connectivity index (χ1) is 12.2. The van der Waals surface area contributed by atoms with Crippen LogP contribution in [0.3, 0.4) is 0 Å². The number of anilines is 1. The molecule has 0 spiro atoms. The summed E-state index contributed by atoms with van der Waals surface area (Å²) in [6, 6.07) is 15.7. The van der Waals surface area contributed by atoms with Gasteiger partial charge in [0.05, 0.1) is 19.9 Å². The Hall–Kier alpha value is -2.72. The fourth-order valence-corrected chi connectivity index (χ4v) is 2.64. The van der Waals surface area contributed by atoms with Gasteiger partial charge in [0.15, 0.2) is 11.5 Å². The molecule has 5 heteroatoms. The van der Waals surface area contributed by atoms with Crippen LogP contribution in [0.4, 0.5) is 5.69 Å². The van der Waals surface area contributed by atoms with Gasteiger partial charge in [-0.25, -0.2) is 0 Å². The molecule has 1 N–H and O–H groups in total. The van der Waals surface area contributed by atoms with E-state index in [1.54, 1.807) is 20.4 Å². The lowest BCUT2D eigenvalue weighted by Crippen LogP contribution is -2.00. The van der Waals surface area contributed by atoms with E-state index in [0.717, 1.165) is 27.4 Å². The minimum Gasteiger partial charge on any atom is -0.493 e. The molecule has 0 saturated carbocycles. The van der Waals surface area contributed by atoms with Crippen molar-refractivity contribution in [3.05, 3.63) is 71.5 Å². The minimum atomic E-state index is 0.694. The first-order valence-corrected chi connectivity index (χ1v) is 8.23. The number of halogens is 1.